The Morgan fingerprint density at radius 1 is 0.920 bits per heavy atom. The number of halogens is 1. The van der Waals surface area contributed by atoms with E-state index in [0.29, 0.717) is 39.1 Å². The number of hydrogen-bond donors (Lipinski definition) is 0. The van der Waals surface area contributed by atoms with Gasteiger partial charge in [-0.05, 0) is 50.1 Å². The van der Waals surface area contributed by atoms with E-state index in [1.54, 1.807) is 0 Å². The molecule has 0 spiro atoms. The van der Waals surface area contributed by atoms with E-state index in [4.69, 9.17) is 0 Å². The maximum Gasteiger partial charge on any atom is 0.243 e. The van der Waals surface area contributed by atoms with E-state index in [1.807, 2.05) is 9.80 Å². The third kappa shape index (κ3) is 4.37. The standard InChI is InChI=1S/C17H24FN3O3S/c18-15-4-6-16(7-5-15)25(23,24)21-11-3-8-19(12-13-21)14-17(22)20-9-1-2-10-20/h4-7H,1-3,8-14H2. The molecule has 3 rings (SSSR count). The van der Waals surface area contributed by atoms with E-state index >= 15 is 0 Å². The second-order valence-corrected chi connectivity index (χ2v) is 8.51. The van der Waals surface area contributed by atoms with Gasteiger partial charge in [-0.15, -0.1) is 0 Å². The van der Waals surface area contributed by atoms with Crippen molar-refractivity contribution >= 4 is 15.9 Å². The van der Waals surface area contributed by atoms with Crippen LogP contribution in [0.25, 0.3) is 0 Å². The Balaban J connectivity index is 1.60. The molecule has 0 aromatic heterocycles. The maximum atomic E-state index is 13.0. The topological polar surface area (TPSA) is 60.9 Å². The highest BCUT2D eigenvalue weighted by Crippen LogP contribution is 2.18. The molecule has 0 bridgehead atoms. The minimum atomic E-state index is -3.63. The number of benzene rings is 1. The highest BCUT2D eigenvalue weighted by atomic mass is 32.2. The van der Waals surface area contributed by atoms with Gasteiger partial charge < -0.3 is 4.90 Å². The van der Waals surface area contributed by atoms with Gasteiger partial charge in [0.2, 0.25) is 15.9 Å². The summed E-state index contributed by atoms with van der Waals surface area (Å²) in [5, 5.41) is 0. The zero-order chi connectivity index (χ0) is 17.9. The summed E-state index contributed by atoms with van der Waals surface area (Å²) in [5.74, 6) is -0.325. The fraction of sp³-hybridized carbons (Fsp3) is 0.588. The monoisotopic (exact) mass is 369 g/mol. The normalized spacial score (nSPS) is 20.6. The second-order valence-electron chi connectivity index (χ2n) is 6.58. The summed E-state index contributed by atoms with van der Waals surface area (Å²) in [6.07, 6.45) is 2.80. The predicted molar refractivity (Wildman–Crippen MR) is 92.0 cm³/mol. The Labute approximate surface area is 148 Å². The van der Waals surface area contributed by atoms with Crippen LogP contribution in [-0.4, -0.2) is 74.2 Å². The van der Waals surface area contributed by atoms with Crippen LogP contribution >= 0.6 is 0 Å². The van der Waals surface area contributed by atoms with Crippen LogP contribution in [0, 0.1) is 5.82 Å². The average Bonchev–Trinajstić information content (AvgIpc) is 3.02. The van der Waals surface area contributed by atoms with Crippen molar-refractivity contribution in [2.24, 2.45) is 0 Å². The molecular formula is C17H24FN3O3S. The van der Waals surface area contributed by atoms with Gasteiger partial charge in [0, 0.05) is 32.7 Å². The van der Waals surface area contributed by atoms with Crippen molar-refractivity contribution < 1.29 is 17.6 Å². The molecule has 2 fully saturated rings. The summed E-state index contributed by atoms with van der Waals surface area (Å²) < 4.78 is 39.9. The molecule has 0 N–H and O–H groups in total. The van der Waals surface area contributed by atoms with E-state index in [9.17, 15) is 17.6 Å². The molecule has 0 saturated carbocycles. The number of rotatable bonds is 4. The summed E-state index contributed by atoms with van der Waals surface area (Å²) in [7, 11) is -3.63. The number of nitrogens with zero attached hydrogens (tertiary/aromatic N) is 3. The van der Waals surface area contributed by atoms with Crippen molar-refractivity contribution in [3.8, 4) is 0 Å². The molecule has 0 atom stereocenters. The van der Waals surface area contributed by atoms with E-state index in [-0.39, 0.29) is 10.8 Å². The largest absolute Gasteiger partial charge is 0.342 e. The Hall–Kier alpha value is -1.51. The molecule has 2 aliphatic rings. The van der Waals surface area contributed by atoms with Crippen molar-refractivity contribution in [1.82, 2.24) is 14.1 Å². The van der Waals surface area contributed by atoms with Crippen LogP contribution in [0.5, 0.6) is 0 Å². The quantitative estimate of drug-likeness (QED) is 0.799. The van der Waals surface area contributed by atoms with Crippen LogP contribution in [0.1, 0.15) is 19.3 Å². The highest BCUT2D eigenvalue weighted by molar-refractivity contribution is 7.89. The average molecular weight is 369 g/mol. The summed E-state index contributed by atoms with van der Waals surface area (Å²) in [6.45, 7) is 4.00. The first-order chi connectivity index (χ1) is 12.0. The van der Waals surface area contributed by atoms with Crippen LogP contribution in [0.4, 0.5) is 4.39 Å². The number of carbonyl (C=O) groups excluding carboxylic acids is 1. The van der Waals surface area contributed by atoms with Crippen molar-refractivity contribution in [1.29, 1.82) is 0 Å². The van der Waals surface area contributed by atoms with E-state index in [2.05, 4.69) is 0 Å². The Bertz CT molecular complexity index is 702. The highest BCUT2D eigenvalue weighted by Gasteiger charge is 2.28. The van der Waals surface area contributed by atoms with Crippen molar-refractivity contribution in [2.75, 3.05) is 45.8 Å². The number of amides is 1. The molecule has 1 aromatic carbocycles. The first-order valence-corrected chi connectivity index (χ1v) is 10.2. The molecule has 2 aliphatic heterocycles. The first-order valence-electron chi connectivity index (χ1n) is 8.73. The lowest BCUT2D eigenvalue weighted by Crippen LogP contribution is -2.41. The Morgan fingerprint density at radius 2 is 1.60 bits per heavy atom. The van der Waals surface area contributed by atoms with Gasteiger partial charge in [0.1, 0.15) is 5.82 Å². The Kier molecular flexibility index (Phi) is 5.71. The van der Waals surface area contributed by atoms with Crippen LogP contribution < -0.4 is 0 Å². The van der Waals surface area contributed by atoms with Gasteiger partial charge >= 0.3 is 0 Å². The van der Waals surface area contributed by atoms with E-state index in [0.717, 1.165) is 38.1 Å². The van der Waals surface area contributed by atoms with Gasteiger partial charge in [0.15, 0.2) is 0 Å². The van der Waals surface area contributed by atoms with Gasteiger partial charge in [-0.1, -0.05) is 0 Å². The summed E-state index contributed by atoms with van der Waals surface area (Å²) in [6, 6.07) is 4.91. The first kappa shape index (κ1) is 18.3. The second kappa shape index (κ2) is 7.80. The van der Waals surface area contributed by atoms with Gasteiger partial charge in [0.25, 0.3) is 0 Å². The third-order valence-corrected chi connectivity index (χ3v) is 6.73. The van der Waals surface area contributed by atoms with Crippen LogP contribution in [0.15, 0.2) is 29.2 Å². The molecule has 0 unspecified atom stereocenters. The van der Waals surface area contributed by atoms with Crippen molar-refractivity contribution in [3.05, 3.63) is 30.1 Å². The minimum Gasteiger partial charge on any atom is -0.342 e. The fourth-order valence-electron chi connectivity index (χ4n) is 3.36. The van der Waals surface area contributed by atoms with Gasteiger partial charge in [0.05, 0.1) is 11.4 Å². The summed E-state index contributed by atoms with van der Waals surface area (Å²) in [4.78, 5) is 16.3. The molecule has 8 heteroatoms. The van der Waals surface area contributed by atoms with Crippen LogP contribution in [-0.2, 0) is 14.8 Å². The van der Waals surface area contributed by atoms with Gasteiger partial charge in [-0.25, -0.2) is 12.8 Å². The summed E-state index contributed by atoms with van der Waals surface area (Å²) >= 11 is 0. The van der Waals surface area contributed by atoms with Crippen molar-refractivity contribution in [3.63, 3.8) is 0 Å². The lowest BCUT2D eigenvalue weighted by molar-refractivity contribution is -0.131. The molecule has 0 radical (unpaired) electrons. The predicted octanol–water partition coefficient (Wildman–Crippen LogP) is 1.14. The SMILES string of the molecule is O=C(CN1CCCN(S(=O)(=O)c2ccc(F)cc2)CC1)N1CCCC1. The number of sulfonamides is 1. The van der Waals surface area contributed by atoms with Gasteiger partial charge in [-0.3, -0.25) is 9.69 Å². The van der Waals surface area contributed by atoms with Gasteiger partial charge in [-0.2, -0.15) is 4.31 Å². The van der Waals surface area contributed by atoms with Crippen molar-refractivity contribution in [2.45, 2.75) is 24.2 Å². The molecule has 0 aliphatic carbocycles. The minimum absolute atomic E-state index is 0.107. The Morgan fingerprint density at radius 3 is 2.28 bits per heavy atom. The molecule has 25 heavy (non-hydrogen) atoms. The zero-order valence-electron chi connectivity index (χ0n) is 14.2. The molecule has 6 nitrogen and oxygen atoms in total. The molecule has 2 heterocycles. The number of hydrogen-bond acceptors (Lipinski definition) is 4. The molecule has 1 amide bonds. The lowest BCUT2D eigenvalue weighted by Gasteiger charge is -2.23. The van der Waals surface area contributed by atoms with E-state index < -0.39 is 15.8 Å². The third-order valence-electron chi connectivity index (χ3n) is 4.82. The maximum absolute atomic E-state index is 13.0. The zero-order valence-corrected chi connectivity index (χ0v) is 15.0. The fourth-order valence-corrected chi connectivity index (χ4v) is 4.83. The molecular weight excluding hydrogens is 345 g/mol. The molecule has 138 valence electrons. The van der Waals surface area contributed by atoms with Crippen LogP contribution in [0.3, 0.4) is 0 Å². The summed E-state index contributed by atoms with van der Waals surface area (Å²) in [5.41, 5.74) is 0. The molecule has 1 aromatic rings. The number of carbonyl (C=O) groups is 1. The smallest absolute Gasteiger partial charge is 0.243 e. The molecule has 2 saturated heterocycles. The lowest BCUT2D eigenvalue weighted by atomic mass is 10.3. The van der Waals surface area contributed by atoms with Crippen LogP contribution in [0.2, 0.25) is 0 Å². The number of likely N-dealkylation sites (tertiary alicyclic amines) is 1. The van der Waals surface area contributed by atoms with E-state index in [1.165, 1.54) is 16.4 Å².